The fraction of sp³-hybridized carbons (Fsp3) is 0.579. The molecular weight excluding hydrogens is 302 g/mol. The first kappa shape index (κ1) is 16.6. The molecule has 24 heavy (non-hydrogen) atoms. The molecule has 1 saturated carbocycles. The van der Waals surface area contributed by atoms with Gasteiger partial charge in [0.15, 0.2) is 0 Å². The third-order valence-electron chi connectivity index (χ3n) is 4.85. The molecule has 1 amide bonds. The van der Waals surface area contributed by atoms with Crippen LogP contribution in [0.3, 0.4) is 0 Å². The van der Waals surface area contributed by atoms with Gasteiger partial charge in [-0.2, -0.15) is 5.26 Å². The smallest absolute Gasteiger partial charge is 0.410 e. The van der Waals surface area contributed by atoms with Crippen LogP contribution in [0.15, 0.2) is 24.3 Å². The maximum absolute atomic E-state index is 12.0. The molecule has 1 aromatic carbocycles. The molecule has 0 bridgehead atoms. The Bertz CT molecular complexity index is 659. The Balaban J connectivity index is 1.56. The number of likely N-dealkylation sites (tertiary alicyclic amines) is 1. The zero-order chi connectivity index (χ0) is 17.5. The zero-order valence-corrected chi connectivity index (χ0v) is 14.9. The number of nitrogens with zero attached hydrogens (tertiary/aromatic N) is 3. The summed E-state index contributed by atoms with van der Waals surface area (Å²) in [6, 6.07) is 11.0. The van der Waals surface area contributed by atoms with Crippen molar-refractivity contribution in [2.75, 3.05) is 25.0 Å². The van der Waals surface area contributed by atoms with Crippen molar-refractivity contribution >= 4 is 11.8 Å². The van der Waals surface area contributed by atoms with Crippen molar-refractivity contribution < 1.29 is 9.53 Å². The van der Waals surface area contributed by atoms with E-state index in [-0.39, 0.29) is 11.5 Å². The monoisotopic (exact) mass is 327 g/mol. The molecule has 1 aliphatic heterocycles. The maximum Gasteiger partial charge on any atom is 0.410 e. The van der Waals surface area contributed by atoms with Crippen LogP contribution in [0.5, 0.6) is 0 Å². The van der Waals surface area contributed by atoms with Gasteiger partial charge in [-0.3, -0.25) is 0 Å². The highest BCUT2D eigenvalue weighted by molar-refractivity contribution is 5.70. The Labute approximate surface area is 143 Å². The highest BCUT2D eigenvalue weighted by atomic mass is 16.6. The van der Waals surface area contributed by atoms with Gasteiger partial charge in [-0.15, -0.1) is 0 Å². The summed E-state index contributed by atoms with van der Waals surface area (Å²) in [6.45, 7) is 6.99. The summed E-state index contributed by atoms with van der Waals surface area (Å²) in [5, 5.41) is 9.28. The van der Waals surface area contributed by atoms with Crippen LogP contribution in [-0.2, 0) is 10.2 Å². The number of carbonyl (C=O) groups excluding carboxylic acids is 1. The number of hydrogen-bond acceptors (Lipinski definition) is 4. The predicted octanol–water partition coefficient (Wildman–Crippen LogP) is 3.30. The van der Waals surface area contributed by atoms with Crippen LogP contribution in [0.25, 0.3) is 0 Å². The first-order valence-corrected chi connectivity index (χ1v) is 8.47. The molecule has 1 saturated heterocycles. The van der Waals surface area contributed by atoms with Gasteiger partial charge < -0.3 is 14.5 Å². The zero-order valence-electron chi connectivity index (χ0n) is 14.9. The van der Waals surface area contributed by atoms with E-state index in [1.807, 2.05) is 27.8 Å². The quantitative estimate of drug-likeness (QED) is 0.855. The second-order valence-corrected chi connectivity index (χ2v) is 7.89. The Morgan fingerprint density at radius 1 is 1.29 bits per heavy atom. The summed E-state index contributed by atoms with van der Waals surface area (Å²) in [5.74, 6) is 0. The molecule has 1 heterocycles. The van der Waals surface area contributed by atoms with Gasteiger partial charge in [-0.1, -0.05) is 12.1 Å². The molecule has 1 aliphatic carbocycles. The molecule has 0 spiro atoms. The van der Waals surface area contributed by atoms with Gasteiger partial charge >= 0.3 is 6.09 Å². The number of rotatable bonds is 3. The largest absolute Gasteiger partial charge is 0.444 e. The molecule has 128 valence electrons. The maximum atomic E-state index is 12.0. The molecule has 2 aliphatic rings. The van der Waals surface area contributed by atoms with Crippen LogP contribution in [0.2, 0.25) is 0 Å². The van der Waals surface area contributed by atoms with Crippen molar-refractivity contribution in [2.24, 2.45) is 0 Å². The average molecular weight is 327 g/mol. The van der Waals surface area contributed by atoms with E-state index < -0.39 is 5.60 Å². The van der Waals surface area contributed by atoms with Crippen LogP contribution in [0, 0.1) is 11.3 Å². The molecule has 0 N–H and O–H groups in total. The Morgan fingerprint density at radius 2 is 1.88 bits per heavy atom. The van der Waals surface area contributed by atoms with Crippen molar-refractivity contribution in [3.8, 4) is 6.07 Å². The number of ether oxygens (including phenoxy) is 1. The van der Waals surface area contributed by atoms with E-state index in [0.29, 0.717) is 19.1 Å². The fourth-order valence-electron chi connectivity index (χ4n) is 2.99. The molecule has 5 nitrogen and oxygen atoms in total. The summed E-state index contributed by atoms with van der Waals surface area (Å²) in [7, 11) is 2.04. The topological polar surface area (TPSA) is 56.6 Å². The van der Waals surface area contributed by atoms with E-state index in [1.54, 1.807) is 4.90 Å². The summed E-state index contributed by atoms with van der Waals surface area (Å²) >= 11 is 0. The van der Waals surface area contributed by atoms with E-state index in [9.17, 15) is 10.1 Å². The van der Waals surface area contributed by atoms with Crippen LogP contribution < -0.4 is 4.90 Å². The van der Waals surface area contributed by atoms with E-state index in [1.165, 1.54) is 0 Å². The number of hydrogen-bond donors (Lipinski definition) is 0. The highest BCUT2D eigenvalue weighted by Gasteiger charge is 2.44. The van der Waals surface area contributed by atoms with Crippen molar-refractivity contribution in [3.63, 3.8) is 0 Å². The highest BCUT2D eigenvalue weighted by Crippen LogP contribution is 2.47. The lowest BCUT2D eigenvalue weighted by atomic mass is 9.97. The molecule has 2 fully saturated rings. The van der Waals surface area contributed by atoms with Gasteiger partial charge in [-0.05, 0) is 51.3 Å². The molecule has 5 heteroatoms. The summed E-state index contributed by atoms with van der Waals surface area (Å²) in [4.78, 5) is 15.9. The van der Waals surface area contributed by atoms with Gasteiger partial charge in [0.05, 0.1) is 17.5 Å². The summed E-state index contributed by atoms with van der Waals surface area (Å²) in [6.07, 6.45) is 1.69. The molecule has 0 radical (unpaired) electrons. The molecule has 0 unspecified atom stereocenters. The Kier molecular flexibility index (Phi) is 3.95. The minimum Gasteiger partial charge on any atom is -0.444 e. The van der Waals surface area contributed by atoms with Crippen molar-refractivity contribution in [1.29, 1.82) is 5.26 Å². The molecular formula is C19H25N3O2. The molecule has 0 aromatic heterocycles. The first-order chi connectivity index (χ1) is 11.2. The lowest BCUT2D eigenvalue weighted by molar-refractivity contribution is 0.00852. The van der Waals surface area contributed by atoms with Gasteiger partial charge in [0.25, 0.3) is 0 Å². The van der Waals surface area contributed by atoms with E-state index in [4.69, 9.17) is 4.74 Å². The molecule has 3 rings (SSSR count). The third-order valence-corrected chi connectivity index (χ3v) is 4.85. The van der Waals surface area contributed by atoms with Gasteiger partial charge in [0, 0.05) is 25.8 Å². The van der Waals surface area contributed by atoms with Crippen molar-refractivity contribution in [3.05, 3.63) is 29.8 Å². The predicted molar refractivity (Wildman–Crippen MR) is 93.0 cm³/mol. The van der Waals surface area contributed by atoms with Gasteiger partial charge in [0.1, 0.15) is 5.60 Å². The van der Waals surface area contributed by atoms with Crippen LogP contribution in [-0.4, -0.2) is 42.8 Å². The molecule has 0 atom stereocenters. The number of anilines is 1. The number of nitriles is 1. The normalized spacial score (nSPS) is 19.2. The summed E-state index contributed by atoms with van der Waals surface area (Å²) in [5.41, 5.74) is 1.54. The van der Waals surface area contributed by atoms with Gasteiger partial charge in [0.2, 0.25) is 0 Å². The van der Waals surface area contributed by atoms with Crippen LogP contribution >= 0.6 is 0 Å². The van der Waals surface area contributed by atoms with Crippen molar-refractivity contribution in [2.45, 2.75) is 50.7 Å². The fourth-order valence-corrected chi connectivity index (χ4v) is 2.99. The lowest BCUT2D eigenvalue weighted by Crippen LogP contribution is -2.61. The first-order valence-electron chi connectivity index (χ1n) is 8.47. The Morgan fingerprint density at radius 3 is 2.33 bits per heavy atom. The minimum atomic E-state index is -0.455. The van der Waals surface area contributed by atoms with E-state index in [2.05, 4.69) is 35.2 Å². The van der Waals surface area contributed by atoms with E-state index >= 15 is 0 Å². The Hall–Kier alpha value is -2.22. The van der Waals surface area contributed by atoms with Gasteiger partial charge in [-0.25, -0.2) is 4.79 Å². The average Bonchev–Trinajstić information content (AvgIpc) is 3.25. The van der Waals surface area contributed by atoms with Crippen LogP contribution in [0.4, 0.5) is 10.5 Å². The number of likely N-dealkylation sites (N-methyl/N-ethyl adjacent to an activating group) is 1. The third kappa shape index (κ3) is 3.19. The standard InChI is InChI=1S/C19H25N3O2/c1-18(2,3)24-17(23)22-11-16(12-22)21(4)15-7-5-14(6-8-15)19(13-20)9-10-19/h5-8,16H,9-12H2,1-4H3. The molecule has 1 aromatic rings. The second kappa shape index (κ2) is 5.70. The number of carbonyl (C=O) groups is 1. The van der Waals surface area contributed by atoms with Crippen molar-refractivity contribution in [1.82, 2.24) is 4.90 Å². The second-order valence-electron chi connectivity index (χ2n) is 7.89. The number of amides is 1. The number of benzene rings is 1. The van der Waals surface area contributed by atoms with Crippen LogP contribution in [0.1, 0.15) is 39.2 Å². The van der Waals surface area contributed by atoms with E-state index in [0.717, 1.165) is 24.1 Å². The minimum absolute atomic E-state index is 0.235. The summed E-state index contributed by atoms with van der Waals surface area (Å²) < 4.78 is 5.39. The lowest BCUT2D eigenvalue weighted by Gasteiger charge is -2.44. The SMILES string of the molecule is CN(c1ccc(C2(C#N)CC2)cc1)C1CN(C(=O)OC(C)(C)C)C1.